The molecule has 1 saturated carbocycles. The van der Waals surface area contributed by atoms with Gasteiger partial charge in [0.1, 0.15) is 5.78 Å². The van der Waals surface area contributed by atoms with Gasteiger partial charge in [0.25, 0.3) is 0 Å². The standard InChI is InChI=1S/C15H18O/c1-10(11-6-7-11)15(16)9-13-8-12-4-2-3-5-14(12)13/h2-5,10-11,13H,6-9H2,1H3. The molecule has 0 N–H and O–H groups in total. The molecule has 2 aliphatic rings. The van der Waals surface area contributed by atoms with Crippen molar-refractivity contribution in [1.29, 1.82) is 0 Å². The third-order valence-corrected chi connectivity index (χ3v) is 4.25. The number of benzene rings is 1. The van der Waals surface area contributed by atoms with E-state index in [1.54, 1.807) is 0 Å². The van der Waals surface area contributed by atoms with Crippen molar-refractivity contribution < 1.29 is 4.79 Å². The molecule has 0 radical (unpaired) electrons. The molecule has 0 aromatic heterocycles. The topological polar surface area (TPSA) is 17.1 Å². The van der Waals surface area contributed by atoms with Gasteiger partial charge in [-0.25, -0.2) is 0 Å². The normalized spacial score (nSPS) is 24.4. The molecular weight excluding hydrogens is 196 g/mol. The zero-order valence-corrected chi connectivity index (χ0v) is 9.78. The average Bonchev–Trinajstić information content (AvgIpc) is 3.08. The zero-order valence-electron chi connectivity index (χ0n) is 9.78. The average molecular weight is 214 g/mol. The molecule has 1 nitrogen and oxygen atoms in total. The molecule has 0 heterocycles. The Kier molecular flexibility index (Phi) is 2.34. The Balaban J connectivity index is 1.63. The highest BCUT2D eigenvalue weighted by molar-refractivity contribution is 5.82. The van der Waals surface area contributed by atoms with E-state index in [1.165, 1.54) is 24.0 Å². The number of carbonyl (C=O) groups is 1. The lowest BCUT2D eigenvalue weighted by Crippen LogP contribution is -2.23. The van der Waals surface area contributed by atoms with Crippen molar-refractivity contribution in [3.8, 4) is 0 Å². The van der Waals surface area contributed by atoms with Crippen molar-refractivity contribution in [2.75, 3.05) is 0 Å². The largest absolute Gasteiger partial charge is 0.299 e. The number of hydrogen-bond acceptors (Lipinski definition) is 1. The molecule has 1 aromatic rings. The van der Waals surface area contributed by atoms with Crippen molar-refractivity contribution in [3.05, 3.63) is 35.4 Å². The van der Waals surface area contributed by atoms with Crippen molar-refractivity contribution in [2.24, 2.45) is 11.8 Å². The number of ketones is 1. The Hall–Kier alpha value is -1.11. The van der Waals surface area contributed by atoms with E-state index in [2.05, 4.69) is 31.2 Å². The van der Waals surface area contributed by atoms with Crippen molar-refractivity contribution in [2.45, 2.75) is 38.5 Å². The highest BCUT2D eigenvalue weighted by Crippen LogP contribution is 2.41. The van der Waals surface area contributed by atoms with Gasteiger partial charge in [-0.1, -0.05) is 31.2 Å². The summed E-state index contributed by atoms with van der Waals surface area (Å²) >= 11 is 0. The fourth-order valence-electron chi connectivity index (χ4n) is 2.83. The molecule has 1 aromatic carbocycles. The van der Waals surface area contributed by atoms with Crippen LogP contribution in [0, 0.1) is 11.8 Å². The van der Waals surface area contributed by atoms with Crippen LogP contribution in [0.5, 0.6) is 0 Å². The van der Waals surface area contributed by atoms with Gasteiger partial charge >= 0.3 is 0 Å². The quantitative estimate of drug-likeness (QED) is 0.751. The van der Waals surface area contributed by atoms with E-state index in [1.807, 2.05) is 0 Å². The van der Waals surface area contributed by atoms with Crippen LogP contribution in [-0.4, -0.2) is 5.78 Å². The third-order valence-electron chi connectivity index (χ3n) is 4.25. The van der Waals surface area contributed by atoms with Crippen LogP contribution in [0.25, 0.3) is 0 Å². The predicted molar refractivity (Wildman–Crippen MR) is 64.4 cm³/mol. The van der Waals surface area contributed by atoms with E-state index >= 15 is 0 Å². The molecule has 3 rings (SSSR count). The number of carbonyl (C=O) groups excluding carboxylic acids is 1. The monoisotopic (exact) mass is 214 g/mol. The van der Waals surface area contributed by atoms with Gasteiger partial charge in [-0.15, -0.1) is 0 Å². The van der Waals surface area contributed by atoms with Gasteiger partial charge in [-0.05, 0) is 42.2 Å². The maximum atomic E-state index is 12.0. The highest BCUT2D eigenvalue weighted by atomic mass is 16.1. The van der Waals surface area contributed by atoms with Crippen molar-refractivity contribution in [3.63, 3.8) is 0 Å². The lowest BCUT2D eigenvalue weighted by atomic mass is 9.74. The minimum Gasteiger partial charge on any atom is -0.299 e. The smallest absolute Gasteiger partial charge is 0.136 e. The first-order valence-electron chi connectivity index (χ1n) is 6.36. The summed E-state index contributed by atoms with van der Waals surface area (Å²) in [6.07, 6.45) is 4.43. The van der Waals surface area contributed by atoms with Gasteiger partial charge in [0.05, 0.1) is 0 Å². The first kappa shape index (κ1) is 10.1. The van der Waals surface area contributed by atoms with Crippen molar-refractivity contribution in [1.82, 2.24) is 0 Å². The predicted octanol–water partition coefficient (Wildman–Crippen LogP) is 3.33. The summed E-state index contributed by atoms with van der Waals surface area (Å²) in [6, 6.07) is 8.53. The molecule has 2 unspecified atom stereocenters. The zero-order chi connectivity index (χ0) is 11.1. The second-order valence-electron chi connectivity index (χ2n) is 5.40. The molecule has 84 valence electrons. The fraction of sp³-hybridized carbons (Fsp3) is 0.533. The summed E-state index contributed by atoms with van der Waals surface area (Å²) in [5, 5.41) is 0. The minimum absolute atomic E-state index is 0.313. The maximum absolute atomic E-state index is 12.0. The van der Waals surface area contributed by atoms with Crippen LogP contribution in [-0.2, 0) is 11.2 Å². The van der Waals surface area contributed by atoms with E-state index in [-0.39, 0.29) is 0 Å². The van der Waals surface area contributed by atoms with Gasteiger partial charge in [-0.2, -0.15) is 0 Å². The summed E-state index contributed by atoms with van der Waals surface area (Å²) in [5.74, 6) is 2.03. The maximum Gasteiger partial charge on any atom is 0.136 e. The Bertz CT molecular complexity index is 417. The van der Waals surface area contributed by atoms with Crippen LogP contribution >= 0.6 is 0 Å². The molecular formula is C15H18O. The van der Waals surface area contributed by atoms with E-state index in [4.69, 9.17) is 0 Å². The first-order chi connectivity index (χ1) is 7.75. The van der Waals surface area contributed by atoms with Gasteiger partial charge < -0.3 is 0 Å². The molecule has 0 spiro atoms. The molecule has 2 aliphatic carbocycles. The lowest BCUT2D eigenvalue weighted by molar-refractivity contribution is -0.123. The molecule has 1 heteroatoms. The first-order valence-corrected chi connectivity index (χ1v) is 6.36. The fourth-order valence-corrected chi connectivity index (χ4v) is 2.83. The molecule has 1 fully saturated rings. The second-order valence-corrected chi connectivity index (χ2v) is 5.40. The van der Waals surface area contributed by atoms with Gasteiger partial charge in [0.2, 0.25) is 0 Å². The SMILES string of the molecule is CC(C(=O)CC1Cc2ccccc21)C1CC1. The van der Waals surface area contributed by atoms with Crippen LogP contribution in [0.1, 0.15) is 43.2 Å². The van der Waals surface area contributed by atoms with Crippen LogP contribution in [0.2, 0.25) is 0 Å². The molecule has 0 bridgehead atoms. The van der Waals surface area contributed by atoms with E-state index in [0.717, 1.165) is 12.8 Å². The molecule has 2 atom stereocenters. The lowest BCUT2D eigenvalue weighted by Gasteiger charge is -2.30. The van der Waals surface area contributed by atoms with E-state index in [0.29, 0.717) is 23.5 Å². The Labute approximate surface area is 96.9 Å². The van der Waals surface area contributed by atoms with Gasteiger partial charge in [0.15, 0.2) is 0 Å². The highest BCUT2D eigenvalue weighted by Gasteiger charge is 2.35. The second kappa shape index (κ2) is 3.73. The summed E-state index contributed by atoms with van der Waals surface area (Å²) in [7, 11) is 0. The van der Waals surface area contributed by atoms with Crippen LogP contribution in [0.3, 0.4) is 0 Å². The van der Waals surface area contributed by atoms with E-state index < -0.39 is 0 Å². The summed E-state index contributed by atoms with van der Waals surface area (Å²) in [5.41, 5.74) is 2.86. The van der Waals surface area contributed by atoms with Crippen LogP contribution in [0.15, 0.2) is 24.3 Å². The van der Waals surface area contributed by atoms with E-state index in [9.17, 15) is 4.79 Å². The molecule has 16 heavy (non-hydrogen) atoms. The molecule has 0 saturated heterocycles. The van der Waals surface area contributed by atoms with Crippen molar-refractivity contribution >= 4 is 5.78 Å². The number of hydrogen-bond donors (Lipinski definition) is 0. The number of Topliss-reactive ketones (excluding diaryl/α,β-unsaturated/α-hetero) is 1. The van der Waals surface area contributed by atoms with Crippen LogP contribution in [0.4, 0.5) is 0 Å². The Morgan fingerprint density at radius 1 is 1.38 bits per heavy atom. The number of fused-ring (bicyclic) bond motifs is 1. The minimum atomic E-state index is 0.313. The summed E-state index contributed by atoms with van der Waals surface area (Å²) in [6.45, 7) is 2.12. The number of rotatable bonds is 4. The van der Waals surface area contributed by atoms with Crippen LogP contribution < -0.4 is 0 Å². The third kappa shape index (κ3) is 1.68. The molecule has 0 amide bonds. The molecule has 0 aliphatic heterocycles. The summed E-state index contributed by atoms with van der Waals surface area (Å²) < 4.78 is 0. The summed E-state index contributed by atoms with van der Waals surface area (Å²) in [4.78, 5) is 12.0. The Morgan fingerprint density at radius 2 is 2.12 bits per heavy atom. The Morgan fingerprint density at radius 3 is 2.81 bits per heavy atom. The van der Waals surface area contributed by atoms with Gasteiger partial charge in [0, 0.05) is 12.3 Å². The van der Waals surface area contributed by atoms with Gasteiger partial charge in [-0.3, -0.25) is 4.79 Å².